The summed E-state index contributed by atoms with van der Waals surface area (Å²) in [5.74, 6) is 0.0175. The van der Waals surface area contributed by atoms with Gasteiger partial charge in [0.2, 0.25) is 0 Å². The topological polar surface area (TPSA) is 82.4 Å². The molecule has 4 rings (SSSR count). The van der Waals surface area contributed by atoms with Crippen LogP contribution in [0.1, 0.15) is 24.9 Å². The van der Waals surface area contributed by atoms with Crippen LogP contribution >= 0.6 is 8.15 Å². The lowest BCUT2D eigenvalue weighted by molar-refractivity contribution is -0.0122. The second-order valence-electron chi connectivity index (χ2n) is 7.48. The Labute approximate surface area is 188 Å². The molecular formula is C22H25FN5O3P. The van der Waals surface area contributed by atoms with Gasteiger partial charge in [-0.25, -0.2) is 19.3 Å². The molecule has 0 radical (unpaired) electrons. The van der Waals surface area contributed by atoms with Crippen molar-refractivity contribution in [2.24, 2.45) is 0 Å². The van der Waals surface area contributed by atoms with Crippen LogP contribution in [0.3, 0.4) is 0 Å². The second kappa shape index (κ2) is 9.40. The van der Waals surface area contributed by atoms with Crippen molar-refractivity contribution < 1.29 is 19.8 Å². The van der Waals surface area contributed by atoms with Gasteiger partial charge in [-0.3, -0.25) is 14.3 Å². The molecule has 3 aromatic rings. The smallest absolute Gasteiger partial charge is 0.259 e. The van der Waals surface area contributed by atoms with Crippen LogP contribution in [0.5, 0.6) is 0 Å². The molecule has 1 aliphatic rings. The zero-order valence-electron chi connectivity index (χ0n) is 18.8. The number of amides is 1. The first-order valence-corrected chi connectivity index (χ1v) is 12.2. The number of rotatable bonds is 7. The fraction of sp³-hybridized carbons (Fsp3) is 0.364. The number of ether oxygens (including phenoxy) is 1. The first-order valence-electron chi connectivity index (χ1n) is 10.7. The summed E-state index contributed by atoms with van der Waals surface area (Å²) in [6.45, 7) is 7.57. The van der Waals surface area contributed by atoms with Crippen LogP contribution in [0, 0.1) is 0 Å². The number of anilines is 1. The van der Waals surface area contributed by atoms with Gasteiger partial charge in [0, 0.05) is 21.6 Å². The van der Waals surface area contributed by atoms with E-state index in [9.17, 15) is 4.79 Å². The van der Waals surface area contributed by atoms with Crippen molar-refractivity contribution in [1.29, 1.82) is 0 Å². The lowest BCUT2D eigenvalue weighted by Crippen LogP contribution is -2.32. The van der Waals surface area contributed by atoms with E-state index in [1.54, 1.807) is 30.3 Å². The van der Waals surface area contributed by atoms with Crippen LogP contribution in [-0.4, -0.2) is 63.7 Å². The van der Waals surface area contributed by atoms with Crippen molar-refractivity contribution in [1.82, 2.24) is 19.5 Å². The summed E-state index contributed by atoms with van der Waals surface area (Å²) in [5, 5.41) is 0. The quantitative estimate of drug-likeness (QED) is 0.394. The molecule has 3 heterocycles. The monoisotopic (exact) mass is 458 g/mol. The lowest BCUT2D eigenvalue weighted by Gasteiger charge is -2.21. The lowest BCUT2D eigenvalue weighted by atomic mass is 10.2. The minimum absolute atomic E-state index is 0.129. The van der Waals surface area contributed by atoms with Crippen LogP contribution in [0.2, 0.25) is 0 Å². The Morgan fingerprint density at radius 2 is 2.16 bits per heavy atom. The summed E-state index contributed by atoms with van der Waals surface area (Å²) in [7, 11) is -0.837. The molecule has 1 amide bonds. The Balaban J connectivity index is 1.72. The number of imidazole rings is 1. The van der Waals surface area contributed by atoms with Crippen molar-refractivity contribution in [3.63, 3.8) is 0 Å². The highest BCUT2D eigenvalue weighted by atomic mass is 31.1. The largest absolute Gasteiger partial charge is 0.351 e. The predicted molar refractivity (Wildman–Crippen MR) is 122 cm³/mol. The van der Waals surface area contributed by atoms with E-state index in [0.717, 1.165) is 0 Å². The third-order valence-electron chi connectivity index (χ3n) is 5.05. The average molecular weight is 458 g/mol. The maximum absolute atomic E-state index is 15.4. The third kappa shape index (κ3) is 4.16. The Morgan fingerprint density at radius 3 is 2.84 bits per heavy atom. The van der Waals surface area contributed by atoms with Crippen LogP contribution in [-0.2, 0) is 9.26 Å². The maximum Gasteiger partial charge on any atom is 0.259 e. The zero-order valence-corrected chi connectivity index (χ0v) is 18.7. The summed E-state index contributed by atoms with van der Waals surface area (Å²) in [6.07, 6.45) is 0.220. The molecule has 1 aromatic carbocycles. The number of nitrogens with zero attached hydrogens (tertiary/aromatic N) is 5. The van der Waals surface area contributed by atoms with E-state index in [1.165, 1.54) is 22.1 Å². The van der Waals surface area contributed by atoms with Crippen molar-refractivity contribution in [2.45, 2.75) is 31.5 Å². The van der Waals surface area contributed by atoms with Crippen molar-refractivity contribution in [2.75, 3.05) is 24.8 Å². The Hall–Kier alpha value is -2.74. The summed E-state index contributed by atoms with van der Waals surface area (Å²) in [6, 6.07) is 8.82. The van der Waals surface area contributed by atoms with E-state index < -0.39 is 32.8 Å². The number of alkyl halides is 1. The molecule has 0 spiro atoms. The van der Waals surface area contributed by atoms with Crippen molar-refractivity contribution in [3.8, 4) is 0 Å². The van der Waals surface area contributed by atoms with Gasteiger partial charge in [0.1, 0.15) is 12.4 Å². The minimum Gasteiger partial charge on any atom is -0.351 e. The average Bonchev–Trinajstić information content (AvgIpc) is 3.38. The number of carbonyl (C=O) groups excluding carboxylic acids is 1. The fourth-order valence-electron chi connectivity index (χ4n) is 3.64. The summed E-state index contributed by atoms with van der Waals surface area (Å²) in [4.78, 5) is 27.6. The molecule has 1 aliphatic heterocycles. The summed E-state index contributed by atoms with van der Waals surface area (Å²) >= 11 is 0. The number of aromatic nitrogens is 4. The third-order valence-corrected chi connectivity index (χ3v) is 5.71. The van der Waals surface area contributed by atoms with E-state index >= 15 is 4.39 Å². The van der Waals surface area contributed by atoms with Gasteiger partial charge in [-0.15, -0.1) is 6.58 Å². The zero-order chi connectivity index (χ0) is 23.5. The SMILES string of the molecule is [2H]C[C@H]1O[C@@H](n2cnc3c(N(CC=C)C(=O)c4ccccc4)ncnc32)[C@H](F)[C@@H]1OP(C)C. The van der Waals surface area contributed by atoms with Gasteiger partial charge >= 0.3 is 0 Å². The molecular weight excluding hydrogens is 432 g/mol. The molecule has 168 valence electrons. The fourth-order valence-corrected chi connectivity index (χ4v) is 4.38. The van der Waals surface area contributed by atoms with E-state index in [1.807, 2.05) is 19.4 Å². The highest BCUT2D eigenvalue weighted by Gasteiger charge is 2.46. The van der Waals surface area contributed by atoms with Gasteiger partial charge in [-0.1, -0.05) is 24.3 Å². The maximum atomic E-state index is 15.4. The molecule has 0 unspecified atom stereocenters. The molecule has 2 aromatic heterocycles. The summed E-state index contributed by atoms with van der Waals surface area (Å²) < 4.78 is 36.2. The Bertz CT molecular complexity index is 1130. The highest BCUT2D eigenvalue weighted by molar-refractivity contribution is 7.50. The van der Waals surface area contributed by atoms with E-state index in [0.29, 0.717) is 16.7 Å². The molecule has 0 bridgehead atoms. The van der Waals surface area contributed by atoms with E-state index in [-0.39, 0.29) is 25.2 Å². The van der Waals surface area contributed by atoms with E-state index in [2.05, 4.69) is 21.5 Å². The molecule has 32 heavy (non-hydrogen) atoms. The molecule has 0 saturated carbocycles. The summed E-state index contributed by atoms with van der Waals surface area (Å²) in [5.41, 5.74) is 1.14. The molecule has 8 nitrogen and oxygen atoms in total. The van der Waals surface area contributed by atoms with Crippen LogP contribution in [0.15, 0.2) is 55.6 Å². The normalized spacial score (nSPS) is 23.4. The molecule has 0 aliphatic carbocycles. The number of halogens is 1. The van der Waals surface area contributed by atoms with Crippen LogP contribution in [0.25, 0.3) is 11.2 Å². The standard InChI is InChI=1S/C22H25FN5O3P/c1-5-11-27(21(29)15-9-7-6-8-10-15)19-17-20(25-12-24-19)28(13-26-17)22-16(23)18(14(2)30-22)31-32(3)4/h5-10,12-14,16,18,22H,1,11H2,2-4H3/t14-,16-,18-,22-/m1/s1/i2D. The number of carbonyl (C=O) groups is 1. The van der Waals surface area contributed by atoms with E-state index in [4.69, 9.17) is 10.6 Å². The highest BCUT2D eigenvalue weighted by Crippen LogP contribution is 2.41. The first kappa shape index (κ1) is 21.1. The number of hydrogen-bond acceptors (Lipinski definition) is 6. The molecule has 4 atom stereocenters. The Morgan fingerprint density at radius 1 is 1.38 bits per heavy atom. The van der Waals surface area contributed by atoms with Gasteiger partial charge < -0.3 is 9.26 Å². The molecule has 0 N–H and O–H groups in total. The predicted octanol–water partition coefficient (Wildman–Crippen LogP) is 3.96. The van der Waals surface area contributed by atoms with Crippen LogP contribution in [0.4, 0.5) is 10.2 Å². The molecule has 10 heteroatoms. The number of hydrogen-bond donors (Lipinski definition) is 0. The Kier molecular flexibility index (Phi) is 6.21. The van der Waals surface area contributed by atoms with Gasteiger partial charge in [0.05, 0.1) is 12.4 Å². The van der Waals surface area contributed by atoms with Gasteiger partial charge in [0.15, 0.2) is 29.4 Å². The van der Waals surface area contributed by atoms with Crippen molar-refractivity contribution in [3.05, 3.63) is 61.2 Å². The first-order chi connectivity index (χ1) is 16.0. The molecule has 1 saturated heterocycles. The van der Waals surface area contributed by atoms with Gasteiger partial charge in [0.25, 0.3) is 5.91 Å². The number of benzene rings is 1. The van der Waals surface area contributed by atoms with Gasteiger partial charge in [-0.05, 0) is 32.4 Å². The van der Waals surface area contributed by atoms with Crippen LogP contribution < -0.4 is 4.90 Å². The second-order valence-corrected chi connectivity index (χ2v) is 9.32. The molecule has 1 fully saturated rings. The van der Waals surface area contributed by atoms with Crippen molar-refractivity contribution >= 4 is 31.0 Å². The number of fused-ring (bicyclic) bond motifs is 1. The minimum atomic E-state index is -1.50. The van der Waals surface area contributed by atoms with Gasteiger partial charge in [-0.2, -0.15) is 0 Å².